The third-order valence-corrected chi connectivity index (χ3v) is 7.69. The molecular formula is C20H28O2. The van der Waals surface area contributed by atoms with Crippen LogP contribution in [0.3, 0.4) is 0 Å². The maximum atomic E-state index is 12.7. The van der Waals surface area contributed by atoms with E-state index < -0.39 is 0 Å². The Labute approximate surface area is 133 Å². The highest BCUT2D eigenvalue weighted by molar-refractivity contribution is 5.91. The van der Waals surface area contributed by atoms with Crippen molar-refractivity contribution >= 4 is 11.6 Å². The van der Waals surface area contributed by atoms with Crippen LogP contribution in [0.4, 0.5) is 0 Å². The molecule has 3 fully saturated rings. The van der Waals surface area contributed by atoms with Gasteiger partial charge in [-0.2, -0.15) is 0 Å². The Morgan fingerprint density at radius 2 is 1.95 bits per heavy atom. The van der Waals surface area contributed by atoms with Gasteiger partial charge in [-0.15, -0.1) is 0 Å². The third-order valence-electron chi connectivity index (χ3n) is 7.69. The Hall–Kier alpha value is -0.920. The number of carbonyl (C=O) groups excluding carboxylic acids is 2. The summed E-state index contributed by atoms with van der Waals surface area (Å²) in [5.74, 6) is 4.25. The molecule has 0 saturated heterocycles. The van der Waals surface area contributed by atoms with E-state index in [-0.39, 0.29) is 5.41 Å². The van der Waals surface area contributed by atoms with E-state index >= 15 is 0 Å². The van der Waals surface area contributed by atoms with E-state index in [9.17, 15) is 9.59 Å². The van der Waals surface area contributed by atoms with E-state index in [2.05, 4.69) is 13.8 Å². The van der Waals surface area contributed by atoms with Gasteiger partial charge in [0.1, 0.15) is 5.78 Å². The van der Waals surface area contributed by atoms with Crippen molar-refractivity contribution in [2.75, 3.05) is 0 Å². The lowest BCUT2D eigenvalue weighted by Crippen LogP contribution is -2.51. The monoisotopic (exact) mass is 300 g/mol. The molecule has 0 spiro atoms. The first-order chi connectivity index (χ1) is 10.6. The first-order valence-corrected chi connectivity index (χ1v) is 9.33. The minimum absolute atomic E-state index is 0.00624. The fourth-order valence-corrected chi connectivity index (χ4v) is 6.90. The number of hydrogen-bond acceptors (Lipinski definition) is 2. The van der Waals surface area contributed by atoms with Gasteiger partial charge in [-0.25, -0.2) is 0 Å². The summed E-state index contributed by atoms with van der Waals surface area (Å²) in [4.78, 5) is 24.4. The van der Waals surface area contributed by atoms with Gasteiger partial charge in [0.2, 0.25) is 0 Å². The van der Waals surface area contributed by atoms with Crippen LogP contribution in [-0.2, 0) is 9.59 Å². The van der Waals surface area contributed by atoms with Crippen LogP contribution in [0.15, 0.2) is 11.6 Å². The molecule has 2 nitrogen and oxygen atoms in total. The van der Waals surface area contributed by atoms with Crippen LogP contribution >= 0.6 is 0 Å². The largest absolute Gasteiger partial charge is 0.299 e. The minimum Gasteiger partial charge on any atom is -0.299 e. The number of allylic oxidation sites excluding steroid dienone is 1. The van der Waals surface area contributed by atoms with Crippen molar-refractivity contribution in [3.8, 4) is 0 Å². The van der Waals surface area contributed by atoms with E-state index in [1.807, 2.05) is 6.08 Å². The number of ketones is 2. The van der Waals surface area contributed by atoms with Crippen molar-refractivity contribution in [3.63, 3.8) is 0 Å². The molecule has 6 atom stereocenters. The molecule has 4 aliphatic rings. The van der Waals surface area contributed by atoms with Crippen LogP contribution in [0.5, 0.6) is 0 Å². The maximum Gasteiger partial charge on any atom is 0.155 e. The van der Waals surface area contributed by atoms with E-state index in [1.165, 1.54) is 12.0 Å². The smallest absolute Gasteiger partial charge is 0.155 e. The second kappa shape index (κ2) is 5.04. The van der Waals surface area contributed by atoms with Gasteiger partial charge >= 0.3 is 0 Å². The SMILES string of the molecule is CCC12CC(C)C3C4CCC(=O)C=C4CCC3C1CCC2=O. The summed E-state index contributed by atoms with van der Waals surface area (Å²) in [5.41, 5.74) is 1.45. The molecule has 0 amide bonds. The normalized spacial score (nSPS) is 47.5. The number of rotatable bonds is 1. The Kier molecular flexibility index (Phi) is 3.36. The zero-order valence-corrected chi connectivity index (χ0v) is 13.9. The van der Waals surface area contributed by atoms with Crippen LogP contribution in [0, 0.1) is 35.0 Å². The summed E-state index contributed by atoms with van der Waals surface area (Å²) in [7, 11) is 0. The summed E-state index contributed by atoms with van der Waals surface area (Å²) in [6.45, 7) is 4.62. The lowest BCUT2D eigenvalue weighted by molar-refractivity contribution is -0.136. The summed E-state index contributed by atoms with van der Waals surface area (Å²) in [5, 5.41) is 0. The van der Waals surface area contributed by atoms with Crippen molar-refractivity contribution in [2.45, 2.75) is 65.2 Å². The third kappa shape index (κ3) is 1.85. The molecule has 0 radical (unpaired) electrons. The predicted molar refractivity (Wildman–Crippen MR) is 86.3 cm³/mol. The van der Waals surface area contributed by atoms with Crippen molar-refractivity contribution in [1.29, 1.82) is 0 Å². The number of Topliss-reactive ketones (excluding diaryl/α,β-unsaturated/α-hetero) is 1. The van der Waals surface area contributed by atoms with Crippen LogP contribution in [0.1, 0.15) is 65.2 Å². The minimum atomic E-state index is 0.00624. The van der Waals surface area contributed by atoms with Crippen LogP contribution in [-0.4, -0.2) is 11.6 Å². The molecule has 0 N–H and O–H groups in total. The van der Waals surface area contributed by atoms with Gasteiger partial charge in [-0.05, 0) is 74.2 Å². The zero-order chi connectivity index (χ0) is 15.5. The Bertz CT molecular complexity index is 546. The van der Waals surface area contributed by atoms with Gasteiger partial charge in [0.15, 0.2) is 5.78 Å². The van der Waals surface area contributed by atoms with Gasteiger partial charge in [0, 0.05) is 18.3 Å². The van der Waals surface area contributed by atoms with Crippen molar-refractivity contribution < 1.29 is 9.59 Å². The van der Waals surface area contributed by atoms with Crippen LogP contribution in [0.25, 0.3) is 0 Å². The first kappa shape index (κ1) is 14.7. The molecular weight excluding hydrogens is 272 g/mol. The zero-order valence-electron chi connectivity index (χ0n) is 13.9. The average Bonchev–Trinajstić information content (AvgIpc) is 2.84. The number of hydrogen-bond donors (Lipinski definition) is 0. The highest BCUT2D eigenvalue weighted by Crippen LogP contribution is 2.63. The van der Waals surface area contributed by atoms with E-state index in [0.29, 0.717) is 29.3 Å². The van der Waals surface area contributed by atoms with Gasteiger partial charge in [0.25, 0.3) is 0 Å². The summed E-state index contributed by atoms with van der Waals surface area (Å²) in [6, 6.07) is 0. The molecule has 0 heterocycles. The van der Waals surface area contributed by atoms with Gasteiger partial charge in [-0.3, -0.25) is 9.59 Å². The summed E-state index contributed by atoms with van der Waals surface area (Å²) < 4.78 is 0. The van der Waals surface area contributed by atoms with E-state index in [4.69, 9.17) is 0 Å². The molecule has 22 heavy (non-hydrogen) atoms. The summed E-state index contributed by atoms with van der Waals surface area (Å²) >= 11 is 0. The molecule has 4 aliphatic carbocycles. The predicted octanol–water partition coefficient (Wildman–Crippen LogP) is 4.33. The summed E-state index contributed by atoms with van der Waals surface area (Å²) in [6.07, 6.45) is 10.2. The average molecular weight is 300 g/mol. The van der Waals surface area contributed by atoms with Gasteiger partial charge in [0.05, 0.1) is 0 Å². The molecule has 0 aliphatic heterocycles. The molecule has 0 aromatic carbocycles. The second-order valence-electron chi connectivity index (χ2n) is 8.37. The van der Waals surface area contributed by atoms with E-state index in [1.54, 1.807) is 0 Å². The second-order valence-corrected chi connectivity index (χ2v) is 8.37. The lowest BCUT2D eigenvalue weighted by atomic mass is 9.48. The molecule has 0 aromatic heterocycles. The van der Waals surface area contributed by atoms with E-state index in [0.717, 1.165) is 56.8 Å². The van der Waals surface area contributed by atoms with Crippen molar-refractivity contribution in [3.05, 3.63) is 11.6 Å². The van der Waals surface area contributed by atoms with Gasteiger partial charge < -0.3 is 0 Å². The standard InChI is InChI=1S/C20H28O2/c1-3-20-11-12(2)19-15-7-5-14(21)10-13(15)4-6-16(19)17(20)8-9-18(20)22/h10,12,15-17,19H,3-9,11H2,1-2H3. The molecule has 3 saturated carbocycles. The maximum absolute atomic E-state index is 12.7. The highest BCUT2D eigenvalue weighted by Gasteiger charge is 2.59. The molecule has 120 valence electrons. The Balaban J connectivity index is 1.70. The fraction of sp³-hybridized carbons (Fsp3) is 0.800. The quantitative estimate of drug-likeness (QED) is 0.722. The topological polar surface area (TPSA) is 34.1 Å². The molecule has 6 unspecified atom stereocenters. The fourth-order valence-electron chi connectivity index (χ4n) is 6.90. The Morgan fingerprint density at radius 3 is 2.73 bits per heavy atom. The number of fused-ring (bicyclic) bond motifs is 5. The molecule has 4 rings (SSSR count). The molecule has 0 bridgehead atoms. The van der Waals surface area contributed by atoms with Crippen molar-refractivity contribution in [2.24, 2.45) is 35.0 Å². The number of carbonyl (C=O) groups is 2. The van der Waals surface area contributed by atoms with Crippen LogP contribution < -0.4 is 0 Å². The van der Waals surface area contributed by atoms with Crippen LogP contribution in [0.2, 0.25) is 0 Å². The highest BCUT2D eigenvalue weighted by atomic mass is 16.1. The lowest BCUT2D eigenvalue weighted by Gasteiger charge is -2.55. The first-order valence-electron chi connectivity index (χ1n) is 9.33. The molecule has 2 heteroatoms. The van der Waals surface area contributed by atoms with Crippen molar-refractivity contribution in [1.82, 2.24) is 0 Å². The molecule has 0 aromatic rings. The Morgan fingerprint density at radius 1 is 1.14 bits per heavy atom. The van der Waals surface area contributed by atoms with Gasteiger partial charge in [-0.1, -0.05) is 19.4 Å².